The second-order valence-electron chi connectivity index (χ2n) is 4.20. The molecule has 0 amide bonds. The molecule has 1 fully saturated rings. The van der Waals surface area contributed by atoms with Crippen LogP contribution >= 0.6 is 0 Å². The fourth-order valence-corrected chi connectivity index (χ4v) is 2.23. The predicted octanol–water partition coefficient (Wildman–Crippen LogP) is 1.59. The Kier molecular flexibility index (Phi) is 2.16. The van der Waals surface area contributed by atoms with Crippen LogP contribution in [-0.2, 0) is 0 Å². The number of aldehydes is 1. The van der Waals surface area contributed by atoms with Crippen LogP contribution in [-0.4, -0.2) is 25.9 Å². The van der Waals surface area contributed by atoms with Gasteiger partial charge in [-0.2, -0.15) is 4.98 Å². The van der Waals surface area contributed by atoms with Crippen molar-refractivity contribution in [2.45, 2.75) is 31.6 Å². The normalized spacial score (nSPS) is 17.0. The lowest BCUT2D eigenvalue weighted by Gasteiger charge is -2.00. The summed E-state index contributed by atoms with van der Waals surface area (Å²) in [5.74, 6) is 1.92. The van der Waals surface area contributed by atoms with Crippen molar-refractivity contribution in [1.82, 2.24) is 19.6 Å². The molecule has 0 radical (unpaired) electrons. The summed E-state index contributed by atoms with van der Waals surface area (Å²) in [4.78, 5) is 19.1. The third-order valence-electron chi connectivity index (χ3n) is 3.09. The zero-order chi connectivity index (χ0) is 11.0. The summed E-state index contributed by atoms with van der Waals surface area (Å²) < 4.78 is 1.59. The fraction of sp³-hybridized carbons (Fsp3) is 0.455. The topological polar surface area (TPSA) is 60.2 Å². The summed E-state index contributed by atoms with van der Waals surface area (Å²) in [7, 11) is 0. The lowest BCUT2D eigenvalue weighted by Crippen LogP contribution is -1.96. The third-order valence-corrected chi connectivity index (χ3v) is 3.09. The maximum Gasteiger partial charge on any atom is 0.252 e. The Balaban J connectivity index is 2.04. The molecule has 1 saturated carbocycles. The summed E-state index contributed by atoms with van der Waals surface area (Å²) >= 11 is 0. The molecule has 0 atom stereocenters. The van der Waals surface area contributed by atoms with Gasteiger partial charge in [0.15, 0.2) is 12.1 Å². The minimum absolute atomic E-state index is 0.474. The third kappa shape index (κ3) is 1.48. The van der Waals surface area contributed by atoms with Crippen LogP contribution in [0.4, 0.5) is 0 Å². The Morgan fingerprint density at radius 3 is 2.94 bits per heavy atom. The zero-order valence-electron chi connectivity index (χ0n) is 8.83. The van der Waals surface area contributed by atoms with Crippen LogP contribution in [0.5, 0.6) is 0 Å². The molecule has 82 valence electrons. The molecule has 0 saturated heterocycles. The van der Waals surface area contributed by atoms with E-state index in [0.29, 0.717) is 17.3 Å². The van der Waals surface area contributed by atoms with Gasteiger partial charge >= 0.3 is 0 Å². The van der Waals surface area contributed by atoms with E-state index in [0.717, 1.165) is 25.0 Å². The highest BCUT2D eigenvalue weighted by Crippen LogP contribution is 2.32. The van der Waals surface area contributed by atoms with Crippen molar-refractivity contribution in [3.63, 3.8) is 0 Å². The molecule has 5 heteroatoms. The van der Waals surface area contributed by atoms with Crippen molar-refractivity contribution in [2.75, 3.05) is 0 Å². The fourth-order valence-electron chi connectivity index (χ4n) is 2.23. The number of carbonyl (C=O) groups is 1. The van der Waals surface area contributed by atoms with Gasteiger partial charge in [0.25, 0.3) is 5.78 Å². The quantitative estimate of drug-likeness (QED) is 0.715. The van der Waals surface area contributed by atoms with E-state index in [9.17, 15) is 4.79 Å². The number of rotatable bonds is 2. The van der Waals surface area contributed by atoms with Crippen molar-refractivity contribution in [3.05, 3.63) is 23.8 Å². The molecule has 2 aromatic rings. The Hall–Kier alpha value is -1.78. The van der Waals surface area contributed by atoms with Gasteiger partial charge in [-0.1, -0.05) is 12.8 Å². The monoisotopic (exact) mass is 216 g/mol. The molecule has 0 unspecified atom stereocenters. The maximum atomic E-state index is 10.6. The van der Waals surface area contributed by atoms with Crippen molar-refractivity contribution < 1.29 is 4.79 Å². The second-order valence-corrected chi connectivity index (χ2v) is 4.20. The average Bonchev–Trinajstić information content (AvgIpc) is 2.96. The molecule has 0 bridgehead atoms. The molecule has 2 heterocycles. The molecule has 0 spiro atoms. The Labute approximate surface area is 92.5 Å². The van der Waals surface area contributed by atoms with Gasteiger partial charge in [0.05, 0.1) is 5.56 Å². The van der Waals surface area contributed by atoms with E-state index >= 15 is 0 Å². The highest BCUT2D eigenvalue weighted by atomic mass is 16.1. The van der Waals surface area contributed by atoms with Crippen LogP contribution in [0, 0.1) is 0 Å². The Bertz CT molecular complexity index is 528. The van der Waals surface area contributed by atoms with Crippen LogP contribution < -0.4 is 0 Å². The van der Waals surface area contributed by atoms with Gasteiger partial charge < -0.3 is 0 Å². The van der Waals surface area contributed by atoms with E-state index in [1.165, 1.54) is 19.0 Å². The molecule has 0 N–H and O–H groups in total. The second kappa shape index (κ2) is 3.66. The lowest BCUT2D eigenvalue weighted by molar-refractivity contribution is 0.112. The molecule has 0 aromatic carbocycles. The lowest BCUT2D eigenvalue weighted by atomic mass is 10.1. The van der Waals surface area contributed by atoms with Gasteiger partial charge in [0.1, 0.15) is 0 Å². The van der Waals surface area contributed by atoms with Gasteiger partial charge in [-0.15, -0.1) is 5.10 Å². The van der Waals surface area contributed by atoms with E-state index in [-0.39, 0.29) is 0 Å². The maximum absolute atomic E-state index is 10.6. The first kappa shape index (κ1) is 9.45. The smallest absolute Gasteiger partial charge is 0.252 e. The van der Waals surface area contributed by atoms with Crippen molar-refractivity contribution in [3.8, 4) is 0 Å². The van der Waals surface area contributed by atoms with Crippen molar-refractivity contribution in [2.24, 2.45) is 0 Å². The first-order valence-electron chi connectivity index (χ1n) is 5.54. The number of fused-ring (bicyclic) bond motifs is 1. The van der Waals surface area contributed by atoms with Gasteiger partial charge in [-0.3, -0.25) is 4.79 Å². The van der Waals surface area contributed by atoms with Crippen LogP contribution in [0.1, 0.15) is 47.8 Å². The van der Waals surface area contributed by atoms with Gasteiger partial charge in [-0.05, 0) is 12.8 Å². The van der Waals surface area contributed by atoms with Gasteiger partial charge in [0, 0.05) is 18.3 Å². The first-order valence-corrected chi connectivity index (χ1v) is 5.54. The summed E-state index contributed by atoms with van der Waals surface area (Å²) in [6, 6.07) is 0. The van der Waals surface area contributed by atoms with E-state index in [2.05, 4.69) is 15.1 Å². The molecule has 1 aliphatic carbocycles. The Morgan fingerprint density at radius 1 is 1.38 bits per heavy atom. The van der Waals surface area contributed by atoms with E-state index in [1.807, 2.05) is 0 Å². The van der Waals surface area contributed by atoms with Gasteiger partial charge in [0.2, 0.25) is 0 Å². The number of hydrogen-bond acceptors (Lipinski definition) is 4. The SMILES string of the molecule is O=Cc1cnc2nc(C3CCCC3)nn2c1. The molecule has 2 aromatic heterocycles. The van der Waals surface area contributed by atoms with Crippen LogP contribution in [0.25, 0.3) is 5.78 Å². The van der Waals surface area contributed by atoms with Crippen LogP contribution in [0.3, 0.4) is 0 Å². The molecule has 1 aliphatic rings. The minimum atomic E-state index is 0.474. The Morgan fingerprint density at radius 2 is 2.19 bits per heavy atom. The average molecular weight is 216 g/mol. The van der Waals surface area contributed by atoms with Gasteiger partial charge in [-0.25, -0.2) is 9.50 Å². The number of carbonyl (C=O) groups excluding carboxylic acids is 1. The molecule has 5 nitrogen and oxygen atoms in total. The van der Waals surface area contributed by atoms with E-state index in [1.54, 1.807) is 10.7 Å². The standard InChI is InChI=1S/C11H12N4O/c16-7-8-5-12-11-13-10(14-15(11)6-8)9-3-1-2-4-9/h5-7,9H,1-4H2. The number of hydrogen-bond donors (Lipinski definition) is 0. The summed E-state index contributed by atoms with van der Waals surface area (Å²) in [6.45, 7) is 0. The molecular weight excluding hydrogens is 204 g/mol. The summed E-state index contributed by atoms with van der Waals surface area (Å²) in [5.41, 5.74) is 0.523. The summed E-state index contributed by atoms with van der Waals surface area (Å²) in [5, 5.41) is 4.39. The minimum Gasteiger partial charge on any atom is -0.298 e. The van der Waals surface area contributed by atoms with Crippen LogP contribution in [0.15, 0.2) is 12.4 Å². The van der Waals surface area contributed by atoms with Crippen molar-refractivity contribution in [1.29, 1.82) is 0 Å². The summed E-state index contributed by atoms with van der Waals surface area (Å²) in [6.07, 6.45) is 8.80. The highest BCUT2D eigenvalue weighted by Gasteiger charge is 2.21. The highest BCUT2D eigenvalue weighted by molar-refractivity contribution is 5.73. The molecule has 16 heavy (non-hydrogen) atoms. The molecular formula is C11H12N4O. The zero-order valence-corrected chi connectivity index (χ0v) is 8.83. The first-order chi connectivity index (χ1) is 7.86. The molecule has 3 rings (SSSR count). The number of aromatic nitrogens is 4. The van der Waals surface area contributed by atoms with E-state index in [4.69, 9.17) is 0 Å². The van der Waals surface area contributed by atoms with E-state index < -0.39 is 0 Å². The largest absolute Gasteiger partial charge is 0.298 e. The molecule has 0 aliphatic heterocycles. The van der Waals surface area contributed by atoms with Crippen molar-refractivity contribution >= 4 is 12.1 Å². The van der Waals surface area contributed by atoms with Crippen LogP contribution in [0.2, 0.25) is 0 Å². The predicted molar refractivity (Wildman–Crippen MR) is 57.4 cm³/mol. The number of nitrogens with zero attached hydrogens (tertiary/aromatic N) is 4.